The van der Waals surface area contributed by atoms with E-state index in [1.54, 1.807) is 12.5 Å². The van der Waals surface area contributed by atoms with Crippen LogP contribution in [0.5, 0.6) is 0 Å². The van der Waals surface area contributed by atoms with Crippen LogP contribution in [-0.2, 0) is 12.8 Å². The van der Waals surface area contributed by atoms with Crippen molar-refractivity contribution < 1.29 is 8.83 Å². The van der Waals surface area contributed by atoms with Crippen molar-refractivity contribution in [3.63, 3.8) is 0 Å². The van der Waals surface area contributed by atoms with Crippen LogP contribution in [0.4, 0.5) is 0 Å². The summed E-state index contributed by atoms with van der Waals surface area (Å²) in [4.78, 5) is 0. The van der Waals surface area contributed by atoms with Gasteiger partial charge in [0.05, 0.1) is 12.5 Å². The van der Waals surface area contributed by atoms with Crippen LogP contribution in [0.3, 0.4) is 0 Å². The van der Waals surface area contributed by atoms with Crippen molar-refractivity contribution in [3.05, 3.63) is 72.6 Å². The van der Waals surface area contributed by atoms with Crippen LogP contribution in [0.25, 0.3) is 0 Å². The fourth-order valence-corrected chi connectivity index (χ4v) is 1.53. The first-order valence-electron chi connectivity index (χ1n) is 5.80. The van der Waals surface area contributed by atoms with E-state index in [0.717, 1.165) is 30.8 Å². The molecule has 0 aliphatic carbocycles. The average molecular weight is 228 g/mol. The molecule has 0 spiro atoms. The minimum Gasteiger partial charge on any atom is -0.469 e. The van der Waals surface area contributed by atoms with Crippen LogP contribution < -0.4 is 0 Å². The van der Waals surface area contributed by atoms with Gasteiger partial charge in [0.1, 0.15) is 11.5 Å². The van der Waals surface area contributed by atoms with E-state index in [9.17, 15) is 0 Å². The highest BCUT2D eigenvalue weighted by Gasteiger charge is 1.90. The summed E-state index contributed by atoms with van der Waals surface area (Å²) in [5, 5.41) is 0. The van der Waals surface area contributed by atoms with Gasteiger partial charge >= 0.3 is 0 Å². The van der Waals surface area contributed by atoms with Gasteiger partial charge in [-0.25, -0.2) is 0 Å². The van der Waals surface area contributed by atoms with Gasteiger partial charge in [0.15, 0.2) is 0 Å². The second-order valence-corrected chi connectivity index (χ2v) is 3.75. The maximum atomic E-state index is 5.23. The Kier molecular flexibility index (Phi) is 4.46. The highest BCUT2D eigenvalue weighted by molar-refractivity contribution is 5.06. The van der Waals surface area contributed by atoms with E-state index in [-0.39, 0.29) is 0 Å². The van der Waals surface area contributed by atoms with Crippen LogP contribution in [0, 0.1) is 0 Å². The molecule has 2 nitrogen and oxygen atoms in total. The zero-order valence-corrected chi connectivity index (χ0v) is 9.71. The summed E-state index contributed by atoms with van der Waals surface area (Å²) in [5.41, 5.74) is 0. The van der Waals surface area contributed by atoms with Gasteiger partial charge in [0.25, 0.3) is 0 Å². The zero-order chi connectivity index (χ0) is 11.8. The molecule has 2 heteroatoms. The Morgan fingerprint density at radius 2 is 1.29 bits per heavy atom. The minimum absolute atomic E-state index is 0.860. The molecule has 0 fully saturated rings. The fourth-order valence-electron chi connectivity index (χ4n) is 1.53. The summed E-state index contributed by atoms with van der Waals surface area (Å²) in [5.74, 6) is 2.00. The number of hydrogen-bond acceptors (Lipinski definition) is 2. The maximum Gasteiger partial charge on any atom is 0.107 e. The Morgan fingerprint density at radius 1 is 0.765 bits per heavy atom. The largest absolute Gasteiger partial charge is 0.469 e. The van der Waals surface area contributed by atoms with Crippen LogP contribution >= 0.6 is 0 Å². The van der Waals surface area contributed by atoms with Crippen LogP contribution in [0.2, 0.25) is 0 Å². The molecule has 17 heavy (non-hydrogen) atoms. The molecule has 0 amide bonds. The zero-order valence-electron chi connectivity index (χ0n) is 9.71. The van der Waals surface area contributed by atoms with E-state index in [1.807, 2.05) is 24.3 Å². The summed E-state index contributed by atoms with van der Waals surface area (Å²) < 4.78 is 10.5. The van der Waals surface area contributed by atoms with E-state index in [1.165, 1.54) is 0 Å². The lowest BCUT2D eigenvalue weighted by atomic mass is 10.2. The molecule has 0 aliphatic heterocycles. The normalized spacial score (nSPS) is 11.8. The molecule has 0 atom stereocenters. The minimum atomic E-state index is 0.860. The monoisotopic (exact) mass is 228 g/mol. The lowest BCUT2D eigenvalue weighted by Gasteiger charge is -1.88. The van der Waals surface area contributed by atoms with E-state index in [0.29, 0.717) is 0 Å². The second-order valence-electron chi connectivity index (χ2n) is 3.75. The molecular formula is C15H16O2. The van der Waals surface area contributed by atoms with E-state index in [4.69, 9.17) is 8.83 Å². The van der Waals surface area contributed by atoms with Crippen LogP contribution in [0.15, 0.2) is 69.9 Å². The molecule has 2 heterocycles. The number of allylic oxidation sites excluding steroid dienone is 4. The highest BCUT2D eigenvalue weighted by atomic mass is 16.3. The van der Waals surface area contributed by atoms with Crippen molar-refractivity contribution in [2.75, 3.05) is 0 Å². The standard InChI is InChI=1S/C15H16O2/c1(2-4-8-14-10-6-12-16-14)3-5-9-15-11-7-13-17-15/h2-7,10-13H,1,8-9H2. The third kappa shape index (κ3) is 4.19. The summed E-state index contributed by atoms with van der Waals surface area (Å²) in [6.45, 7) is 0. The predicted octanol–water partition coefficient (Wildman–Crippen LogP) is 4.16. The Labute approximate surface area is 101 Å². The first-order chi connectivity index (χ1) is 8.45. The molecule has 0 aliphatic rings. The van der Waals surface area contributed by atoms with Crippen molar-refractivity contribution >= 4 is 0 Å². The predicted molar refractivity (Wildman–Crippen MR) is 67.7 cm³/mol. The first kappa shape index (κ1) is 11.5. The van der Waals surface area contributed by atoms with Gasteiger partial charge in [0.2, 0.25) is 0 Å². The van der Waals surface area contributed by atoms with Gasteiger partial charge in [-0.1, -0.05) is 24.3 Å². The highest BCUT2D eigenvalue weighted by Crippen LogP contribution is 2.03. The molecule has 2 rings (SSSR count). The topological polar surface area (TPSA) is 26.3 Å². The van der Waals surface area contributed by atoms with Crippen molar-refractivity contribution in [1.29, 1.82) is 0 Å². The summed E-state index contributed by atoms with van der Waals surface area (Å²) in [6.07, 6.45) is 14.6. The first-order valence-corrected chi connectivity index (χ1v) is 5.80. The molecule has 0 N–H and O–H groups in total. The molecule has 0 saturated heterocycles. The molecule has 0 unspecified atom stereocenters. The van der Waals surface area contributed by atoms with Crippen molar-refractivity contribution in [2.24, 2.45) is 0 Å². The Bertz CT molecular complexity index is 403. The summed E-state index contributed by atoms with van der Waals surface area (Å²) in [6, 6.07) is 7.78. The molecular weight excluding hydrogens is 212 g/mol. The number of rotatable bonds is 6. The number of hydrogen-bond donors (Lipinski definition) is 0. The molecule has 0 bridgehead atoms. The molecule has 2 aromatic rings. The SMILES string of the molecule is C(=CCc1ccco1)CC=CCc1ccco1. The smallest absolute Gasteiger partial charge is 0.107 e. The lowest BCUT2D eigenvalue weighted by Crippen LogP contribution is -1.74. The molecule has 0 saturated carbocycles. The summed E-state index contributed by atoms with van der Waals surface area (Å²) in [7, 11) is 0. The van der Waals surface area contributed by atoms with E-state index >= 15 is 0 Å². The third-order valence-corrected chi connectivity index (χ3v) is 2.40. The lowest BCUT2D eigenvalue weighted by molar-refractivity contribution is 0.523. The second kappa shape index (κ2) is 6.59. The van der Waals surface area contributed by atoms with E-state index in [2.05, 4.69) is 24.3 Å². The molecule has 0 radical (unpaired) electrons. The van der Waals surface area contributed by atoms with Crippen molar-refractivity contribution in [1.82, 2.24) is 0 Å². The number of furan rings is 2. The Balaban J connectivity index is 1.62. The van der Waals surface area contributed by atoms with Crippen molar-refractivity contribution in [2.45, 2.75) is 19.3 Å². The van der Waals surface area contributed by atoms with Gasteiger partial charge in [-0.3, -0.25) is 0 Å². The van der Waals surface area contributed by atoms with Crippen LogP contribution in [-0.4, -0.2) is 0 Å². The average Bonchev–Trinajstić information content (AvgIpc) is 3.00. The quantitative estimate of drug-likeness (QED) is 0.694. The Hall–Kier alpha value is -1.96. The fraction of sp³-hybridized carbons (Fsp3) is 0.200. The Morgan fingerprint density at radius 3 is 1.71 bits per heavy atom. The van der Waals surface area contributed by atoms with E-state index < -0.39 is 0 Å². The summed E-state index contributed by atoms with van der Waals surface area (Å²) >= 11 is 0. The molecule has 0 aromatic carbocycles. The molecule has 88 valence electrons. The third-order valence-electron chi connectivity index (χ3n) is 2.40. The maximum absolute atomic E-state index is 5.23. The van der Waals surface area contributed by atoms with Gasteiger partial charge in [-0.15, -0.1) is 0 Å². The van der Waals surface area contributed by atoms with Crippen molar-refractivity contribution in [3.8, 4) is 0 Å². The van der Waals surface area contributed by atoms with Gasteiger partial charge in [-0.2, -0.15) is 0 Å². The molecule has 2 aromatic heterocycles. The van der Waals surface area contributed by atoms with Crippen LogP contribution in [0.1, 0.15) is 17.9 Å². The van der Waals surface area contributed by atoms with Gasteiger partial charge < -0.3 is 8.83 Å². The van der Waals surface area contributed by atoms with Gasteiger partial charge in [-0.05, 0) is 30.7 Å². The van der Waals surface area contributed by atoms with Gasteiger partial charge in [0, 0.05) is 12.8 Å².